The van der Waals surface area contributed by atoms with Gasteiger partial charge in [0.05, 0.1) is 32.0 Å². The van der Waals surface area contributed by atoms with E-state index in [1.165, 1.54) is 238 Å². The number of aliphatic hydroxyl groups excluding tert-OH is 5. The monoisotopic (exact) mass is 1220 g/mol. The summed E-state index contributed by atoms with van der Waals surface area (Å²) in [5, 5.41) is 54.3. The van der Waals surface area contributed by atoms with Crippen LogP contribution in [-0.4, -0.2) is 100 Å². The topological polar surface area (TPSA) is 175 Å². The fourth-order valence-electron chi connectivity index (χ4n) is 11.2. The summed E-state index contributed by atoms with van der Waals surface area (Å²) in [6.07, 6.45) is 78.0. The Kier molecular flexibility index (Phi) is 61.0. The van der Waals surface area contributed by atoms with E-state index in [-0.39, 0.29) is 18.5 Å². The van der Waals surface area contributed by atoms with E-state index in [2.05, 4.69) is 79.9 Å². The Labute approximate surface area is 534 Å². The number of aliphatic hydroxyl groups is 5. The Balaban J connectivity index is 1.90. The van der Waals surface area contributed by atoms with Crippen molar-refractivity contribution < 1.29 is 49.3 Å². The van der Waals surface area contributed by atoms with Gasteiger partial charge < -0.3 is 45.1 Å². The van der Waals surface area contributed by atoms with Crippen LogP contribution in [0.25, 0.3) is 0 Å². The van der Waals surface area contributed by atoms with Crippen molar-refractivity contribution >= 4 is 11.9 Å². The quantitative estimate of drug-likeness (QED) is 0.0195. The van der Waals surface area contributed by atoms with Gasteiger partial charge in [-0.25, -0.2) is 0 Å². The Bertz CT molecular complexity index is 1680. The number of unbranched alkanes of at least 4 members (excludes halogenated alkanes) is 40. The molecule has 506 valence electrons. The van der Waals surface area contributed by atoms with E-state index >= 15 is 0 Å². The van der Waals surface area contributed by atoms with Crippen molar-refractivity contribution in [3.05, 3.63) is 72.9 Å². The molecule has 1 aliphatic heterocycles. The largest absolute Gasteiger partial charge is 0.466 e. The van der Waals surface area contributed by atoms with Crippen molar-refractivity contribution in [2.24, 2.45) is 0 Å². The van der Waals surface area contributed by atoms with Gasteiger partial charge in [-0.2, -0.15) is 0 Å². The second kappa shape index (κ2) is 64.6. The summed E-state index contributed by atoms with van der Waals surface area (Å²) in [6.45, 7) is 4.23. The molecule has 1 aliphatic rings. The lowest BCUT2D eigenvalue weighted by atomic mass is 9.99. The van der Waals surface area contributed by atoms with Crippen molar-refractivity contribution in [3.8, 4) is 0 Å². The van der Waals surface area contributed by atoms with Gasteiger partial charge in [-0.15, -0.1) is 0 Å². The molecule has 1 saturated heterocycles. The Morgan fingerprint density at radius 1 is 0.425 bits per heavy atom. The number of rotatable bonds is 64. The maximum Gasteiger partial charge on any atom is 0.305 e. The van der Waals surface area contributed by atoms with Crippen LogP contribution < -0.4 is 5.32 Å². The van der Waals surface area contributed by atoms with Crippen LogP contribution in [0.15, 0.2) is 72.9 Å². The first-order valence-corrected chi connectivity index (χ1v) is 36.7. The highest BCUT2D eigenvalue weighted by molar-refractivity contribution is 5.76. The van der Waals surface area contributed by atoms with Crippen LogP contribution in [0.5, 0.6) is 0 Å². The van der Waals surface area contributed by atoms with E-state index < -0.39 is 49.5 Å². The van der Waals surface area contributed by atoms with Crippen LogP contribution in [0.3, 0.4) is 0 Å². The predicted octanol–water partition coefficient (Wildman–Crippen LogP) is 19.1. The van der Waals surface area contributed by atoms with E-state index in [0.717, 1.165) is 70.6 Å². The zero-order valence-electron chi connectivity index (χ0n) is 56.2. The Morgan fingerprint density at radius 3 is 1.25 bits per heavy atom. The summed E-state index contributed by atoms with van der Waals surface area (Å²) in [5.41, 5.74) is 0. The van der Waals surface area contributed by atoms with E-state index in [9.17, 15) is 35.1 Å². The number of carbonyl (C=O) groups is 2. The van der Waals surface area contributed by atoms with Gasteiger partial charge >= 0.3 is 5.97 Å². The molecule has 11 nitrogen and oxygen atoms in total. The molecule has 11 heteroatoms. The third-order valence-electron chi connectivity index (χ3n) is 17.0. The van der Waals surface area contributed by atoms with Gasteiger partial charge in [-0.05, 0) is 103 Å². The van der Waals surface area contributed by atoms with Crippen LogP contribution in [0.2, 0.25) is 0 Å². The molecule has 6 N–H and O–H groups in total. The second-order valence-corrected chi connectivity index (χ2v) is 25.3. The molecule has 1 rings (SSSR count). The van der Waals surface area contributed by atoms with Gasteiger partial charge in [-0.1, -0.05) is 292 Å². The minimum Gasteiger partial charge on any atom is -0.466 e. The third-order valence-corrected chi connectivity index (χ3v) is 17.0. The van der Waals surface area contributed by atoms with Crippen LogP contribution in [0, 0.1) is 0 Å². The maximum atomic E-state index is 13.0. The molecule has 0 aromatic rings. The van der Waals surface area contributed by atoms with Crippen molar-refractivity contribution in [1.29, 1.82) is 0 Å². The van der Waals surface area contributed by atoms with Gasteiger partial charge in [0.2, 0.25) is 5.91 Å². The first-order valence-electron chi connectivity index (χ1n) is 36.7. The van der Waals surface area contributed by atoms with Gasteiger partial charge in [0.25, 0.3) is 0 Å². The fraction of sp³-hybridized carbons (Fsp3) is 0.816. The Hall–Kier alpha value is -2.90. The molecule has 0 spiro atoms. The number of allylic oxidation sites excluding steroid dienone is 11. The normalized spacial score (nSPS) is 18.3. The average molecular weight is 1220 g/mol. The van der Waals surface area contributed by atoms with Crippen LogP contribution in [0.1, 0.15) is 335 Å². The Morgan fingerprint density at radius 2 is 0.805 bits per heavy atom. The molecule has 0 aromatic heterocycles. The second-order valence-electron chi connectivity index (χ2n) is 25.3. The number of nitrogens with one attached hydrogen (secondary N) is 1. The molecule has 0 aromatic carbocycles. The van der Waals surface area contributed by atoms with Crippen molar-refractivity contribution in [2.45, 2.75) is 378 Å². The number of hydrogen-bond donors (Lipinski definition) is 6. The highest BCUT2D eigenvalue weighted by Gasteiger charge is 2.44. The summed E-state index contributed by atoms with van der Waals surface area (Å²) in [4.78, 5) is 25.1. The minimum absolute atomic E-state index is 0.00348. The predicted molar refractivity (Wildman–Crippen MR) is 366 cm³/mol. The summed E-state index contributed by atoms with van der Waals surface area (Å²) >= 11 is 0. The number of hydrogen-bond acceptors (Lipinski definition) is 10. The molecular weight excluding hydrogens is 1090 g/mol. The van der Waals surface area contributed by atoms with Gasteiger partial charge in [-0.3, -0.25) is 9.59 Å². The van der Waals surface area contributed by atoms with Crippen LogP contribution in [0.4, 0.5) is 0 Å². The molecule has 1 amide bonds. The molecule has 87 heavy (non-hydrogen) atoms. The molecule has 1 fully saturated rings. The molecule has 7 unspecified atom stereocenters. The van der Waals surface area contributed by atoms with E-state index in [4.69, 9.17) is 14.2 Å². The summed E-state index contributed by atoms with van der Waals surface area (Å²) in [7, 11) is 0. The maximum absolute atomic E-state index is 13.0. The zero-order valence-corrected chi connectivity index (χ0v) is 56.2. The number of ether oxygens (including phenoxy) is 3. The molecule has 0 aliphatic carbocycles. The lowest BCUT2D eigenvalue weighted by molar-refractivity contribution is -0.302. The van der Waals surface area contributed by atoms with E-state index in [1.54, 1.807) is 6.08 Å². The molecule has 7 atom stereocenters. The molecule has 0 radical (unpaired) electrons. The van der Waals surface area contributed by atoms with E-state index in [1.807, 2.05) is 6.08 Å². The summed E-state index contributed by atoms with van der Waals surface area (Å²) < 4.78 is 16.7. The zero-order chi connectivity index (χ0) is 63.0. The first-order chi connectivity index (χ1) is 42.7. The van der Waals surface area contributed by atoms with Gasteiger partial charge in [0, 0.05) is 12.8 Å². The number of esters is 1. The molecule has 1 heterocycles. The number of carbonyl (C=O) groups excluding carboxylic acids is 2. The average Bonchev–Trinajstić information content (AvgIpc) is 3.11. The van der Waals surface area contributed by atoms with E-state index in [0.29, 0.717) is 19.4 Å². The third kappa shape index (κ3) is 53.5. The molecule has 0 saturated carbocycles. The first kappa shape index (κ1) is 82.1. The van der Waals surface area contributed by atoms with Crippen LogP contribution in [-0.2, 0) is 23.8 Å². The molecular formula is C76H137NO10. The van der Waals surface area contributed by atoms with Crippen LogP contribution >= 0.6 is 0 Å². The SMILES string of the molecule is CCC/C=C\C/C=C\CCCCCCCC(=O)OCCCCCCCCCCCCCCC/C=C\C/C=C\CCCCCCCCCCCCCCCCCCCC(=O)NC(COC1OC(CO)C(O)C(O)C1O)C(O)/C=C/CC/C=C/CCCCC. The lowest BCUT2D eigenvalue weighted by Crippen LogP contribution is -2.60. The number of amides is 1. The van der Waals surface area contributed by atoms with Gasteiger partial charge in [0.1, 0.15) is 24.4 Å². The summed E-state index contributed by atoms with van der Waals surface area (Å²) in [5.74, 6) is -0.195. The summed E-state index contributed by atoms with van der Waals surface area (Å²) in [6, 6.07) is -0.825. The standard InChI is InChI=1S/C76H137NO10/c1-3-5-7-9-11-13-14-40-44-48-52-56-60-64-72(81)85-65-61-57-53-49-45-42-39-37-35-33-31-29-27-25-23-21-19-17-15-16-18-20-22-24-26-28-30-32-34-36-38-41-43-47-51-55-59-63-71(80)77-68(69(79)62-58-54-50-46-12-10-8-6-4-2)67-86-76-75(84)74(83)73(82)70(66-78)87-76/h7,9,12-15,17,21,23,46,58,62,68-70,73-76,78-79,82-84H,3-6,8,10-11,16,18-20,22,24-45,47-57,59-61,63-67H2,1-2H3,(H,77,80)/b9-7-,14-13-,17-15-,23-21-,46-12+,62-58+. The smallest absolute Gasteiger partial charge is 0.305 e. The highest BCUT2D eigenvalue weighted by Crippen LogP contribution is 2.23. The fourth-order valence-corrected chi connectivity index (χ4v) is 11.2. The lowest BCUT2D eigenvalue weighted by Gasteiger charge is -2.40. The van der Waals surface area contributed by atoms with Crippen molar-refractivity contribution in [1.82, 2.24) is 5.32 Å². The molecule has 0 bridgehead atoms. The van der Waals surface area contributed by atoms with Crippen molar-refractivity contribution in [3.63, 3.8) is 0 Å². The van der Waals surface area contributed by atoms with Crippen molar-refractivity contribution in [2.75, 3.05) is 19.8 Å². The van der Waals surface area contributed by atoms with Gasteiger partial charge in [0.15, 0.2) is 6.29 Å². The minimum atomic E-state index is -1.58. The highest BCUT2D eigenvalue weighted by atomic mass is 16.7.